The number of rotatable bonds is 4. The Labute approximate surface area is 113 Å². The second-order valence-electron chi connectivity index (χ2n) is 4.66. The molecule has 2 aromatic carbocycles. The van der Waals surface area contributed by atoms with Gasteiger partial charge in [-0.1, -0.05) is 12.1 Å². The van der Waals surface area contributed by atoms with Crippen LogP contribution in [-0.2, 0) is 6.54 Å². The number of methoxy groups -OCH3 is 1. The maximum atomic E-state index is 9.48. The molecule has 2 N–H and O–H groups in total. The highest BCUT2D eigenvalue weighted by molar-refractivity contribution is 5.50. The summed E-state index contributed by atoms with van der Waals surface area (Å²) in [7, 11) is 1.68. The van der Waals surface area contributed by atoms with Crippen molar-refractivity contribution in [1.82, 2.24) is 0 Å². The van der Waals surface area contributed by atoms with Gasteiger partial charge in [0.2, 0.25) is 0 Å². The van der Waals surface area contributed by atoms with Crippen LogP contribution in [0.4, 0.5) is 5.69 Å². The molecule has 0 aliphatic carbocycles. The minimum absolute atomic E-state index is 0.325. The molecule has 0 radical (unpaired) electrons. The molecule has 100 valence electrons. The molecule has 0 amide bonds. The molecule has 19 heavy (non-hydrogen) atoms. The highest BCUT2D eigenvalue weighted by Gasteiger charge is 2.01. The van der Waals surface area contributed by atoms with Crippen LogP contribution >= 0.6 is 0 Å². The summed E-state index contributed by atoms with van der Waals surface area (Å²) in [6.45, 7) is 4.67. The first-order valence-corrected chi connectivity index (χ1v) is 6.27. The summed E-state index contributed by atoms with van der Waals surface area (Å²) in [6, 6.07) is 11.7. The van der Waals surface area contributed by atoms with E-state index in [2.05, 4.69) is 11.4 Å². The van der Waals surface area contributed by atoms with Crippen molar-refractivity contribution in [3.63, 3.8) is 0 Å². The molecule has 0 heterocycles. The fraction of sp³-hybridized carbons (Fsp3) is 0.250. The number of hydrogen-bond acceptors (Lipinski definition) is 3. The summed E-state index contributed by atoms with van der Waals surface area (Å²) in [5.41, 5.74) is 4.20. The molecule has 0 atom stereocenters. The Balaban J connectivity index is 2.05. The zero-order valence-corrected chi connectivity index (χ0v) is 11.5. The topological polar surface area (TPSA) is 41.5 Å². The second kappa shape index (κ2) is 5.65. The number of nitrogens with one attached hydrogen (secondary N) is 1. The van der Waals surface area contributed by atoms with Crippen LogP contribution in [0.3, 0.4) is 0 Å². The monoisotopic (exact) mass is 257 g/mol. The lowest BCUT2D eigenvalue weighted by molar-refractivity contribution is 0.411. The highest BCUT2D eigenvalue weighted by Crippen LogP contribution is 2.22. The number of phenols is 1. The van der Waals surface area contributed by atoms with Gasteiger partial charge in [-0.15, -0.1) is 0 Å². The van der Waals surface area contributed by atoms with E-state index < -0.39 is 0 Å². The van der Waals surface area contributed by atoms with Crippen molar-refractivity contribution in [2.75, 3.05) is 12.4 Å². The lowest BCUT2D eigenvalue weighted by Crippen LogP contribution is -2.00. The van der Waals surface area contributed by atoms with Crippen molar-refractivity contribution in [3.05, 3.63) is 53.1 Å². The first-order valence-electron chi connectivity index (χ1n) is 6.27. The van der Waals surface area contributed by atoms with Crippen LogP contribution in [0.25, 0.3) is 0 Å². The van der Waals surface area contributed by atoms with E-state index in [-0.39, 0.29) is 0 Å². The largest absolute Gasteiger partial charge is 0.508 e. The molecule has 0 aromatic heterocycles. The molecule has 0 aliphatic heterocycles. The lowest BCUT2D eigenvalue weighted by atomic mass is 10.1. The van der Waals surface area contributed by atoms with Crippen LogP contribution in [0.15, 0.2) is 36.4 Å². The number of benzene rings is 2. The summed E-state index contributed by atoms with van der Waals surface area (Å²) in [6.07, 6.45) is 0. The van der Waals surface area contributed by atoms with Gasteiger partial charge >= 0.3 is 0 Å². The van der Waals surface area contributed by atoms with Crippen LogP contribution in [-0.4, -0.2) is 12.2 Å². The summed E-state index contributed by atoms with van der Waals surface area (Å²) in [5, 5.41) is 12.8. The molecule has 0 fully saturated rings. The number of ether oxygens (including phenoxy) is 1. The minimum atomic E-state index is 0.325. The van der Waals surface area contributed by atoms with Crippen molar-refractivity contribution in [3.8, 4) is 11.5 Å². The van der Waals surface area contributed by atoms with Gasteiger partial charge in [-0.2, -0.15) is 0 Å². The van der Waals surface area contributed by atoms with Gasteiger partial charge in [0.1, 0.15) is 11.5 Å². The van der Waals surface area contributed by atoms with E-state index in [1.807, 2.05) is 38.1 Å². The normalized spacial score (nSPS) is 10.3. The van der Waals surface area contributed by atoms with Gasteiger partial charge in [-0.3, -0.25) is 0 Å². The number of anilines is 1. The third-order valence-electron chi connectivity index (χ3n) is 3.15. The molecule has 0 saturated carbocycles. The molecule has 2 aromatic rings. The Morgan fingerprint density at radius 2 is 1.84 bits per heavy atom. The molecular weight excluding hydrogens is 238 g/mol. The van der Waals surface area contributed by atoms with Gasteiger partial charge in [-0.05, 0) is 54.8 Å². The second-order valence-corrected chi connectivity index (χ2v) is 4.66. The third kappa shape index (κ3) is 3.19. The SMILES string of the molecule is COc1ccc(CNc2ccc(O)c(C)c2)cc1C. The summed E-state index contributed by atoms with van der Waals surface area (Å²) >= 11 is 0. The van der Waals surface area contributed by atoms with E-state index in [9.17, 15) is 5.11 Å². The Morgan fingerprint density at radius 1 is 1.05 bits per heavy atom. The van der Waals surface area contributed by atoms with Crippen molar-refractivity contribution < 1.29 is 9.84 Å². The van der Waals surface area contributed by atoms with Gasteiger partial charge in [0.15, 0.2) is 0 Å². The quantitative estimate of drug-likeness (QED) is 0.822. The lowest BCUT2D eigenvalue weighted by Gasteiger charge is -2.10. The predicted molar refractivity (Wildman–Crippen MR) is 77.9 cm³/mol. The average molecular weight is 257 g/mol. The molecule has 0 spiro atoms. The standard InChI is InChI=1S/C16H19NO2/c1-11-9-14(5-6-15(11)18)17-10-13-4-7-16(19-3)12(2)8-13/h4-9,17-18H,10H2,1-3H3. The fourth-order valence-corrected chi connectivity index (χ4v) is 2.02. The van der Waals surface area contributed by atoms with E-state index >= 15 is 0 Å². The van der Waals surface area contributed by atoms with Gasteiger partial charge in [0.25, 0.3) is 0 Å². The summed E-state index contributed by atoms with van der Waals surface area (Å²) < 4.78 is 5.24. The van der Waals surface area contributed by atoms with Crippen LogP contribution < -0.4 is 10.1 Å². The number of aryl methyl sites for hydroxylation is 2. The Bertz CT molecular complexity index is 579. The maximum Gasteiger partial charge on any atom is 0.121 e. The van der Waals surface area contributed by atoms with E-state index in [0.29, 0.717) is 5.75 Å². The van der Waals surface area contributed by atoms with Gasteiger partial charge in [0, 0.05) is 12.2 Å². The number of phenolic OH excluding ortho intramolecular Hbond substituents is 1. The molecular formula is C16H19NO2. The first kappa shape index (κ1) is 13.3. The van der Waals surface area contributed by atoms with Crippen molar-refractivity contribution >= 4 is 5.69 Å². The van der Waals surface area contributed by atoms with Crippen LogP contribution in [0, 0.1) is 13.8 Å². The van der Waals surface area contributed by atoms with E-state index in [0.717, 1.165) is 29.1 Å². The predicted octanol–water partition coefficient (Wildman–Crippen LogP) is 3.63. The minimum Gasteiger partial charge on any atom is -0.508 e. The van der Waals surface area contributed by atoms with Gasteiger partial charge in [0.05, 0.1) is 7.11 Å². The average Bonchev–Trinajstić information content (AvgIpc) is 2.40. The molecule has 3 nitrogen and oxygen atoms in total. The Morgan fingerprint density at radius 3 is 2.47 bits per heavy atom. The summed E-state index contributed by atoms with van der Waals surface area (Å²) in [4.78, 5) is 0. The van der Waals surface area contributed by atoms with Crippen molar-refractivity contribution in [1.29, 1.82) is 0 Å². The van der Waals surface area contributed by atoms with Crippen LogP contribution in [0.1, 0.15) is 16.7 Å². The van der Waals surface area contributed by atoms with Crippen LogP contribution in [0.5, 0.6) is 11.5 Å². The zero-order valence-electron chi connectivity index (χ0n) is 11.5. The fourth-order valence-electron chi connectivity index (χ4n) is 2.02. The zero-order chi connectivity index (χ0) is 13.8. The number of aromatic hydroxyl groups is 1. The third-order valence-corrected chi connectivity index (χ3v) is 3.15. The molecule has 3 heteroatoms. The maximum absolute atomic E-state index is 9.48. The highest BCUT2D eigenvalue weighted by atomic mass is 16.5. The van der Waals surface area contributed by atoms with Crippen LogP contribution in [0.2, 0.25) is 0 Å². The number of hydrogen-bond donors (Lipinski definition) is 2. The molecule has 0 bridgehead atoms. The van der Waals surface area contributed by atoms with Gasteiger partial charge in [-0.25, -0.2) is 0 Å². The molecule has 2 rings (SSSR count). The molecule has 0 unspecified atom stereocenters. The van der Waals surface area contributed by atoms with Crippen molar-refractivity contribution in [2.45, 2.75) is 20.4 Å². The summed E-state index contributed by atoms with van der Waals surface area (Å²) in [5.74, 6) is 1.23. The van der Waals surface area contributed by atoms with E-state index in [1.54, 1.807) is 13.2 Å². The molecule has 0 aliphatic rings. The van der Waals surface area contributed by atoms with Gasteiger partial charge < -0.3 is 15.2 Å². The van der Waals surface area contributed by atoms with E-state index in [4.69, 9.17) is 4.74 Å². The smallest absolute Gasteiger partial charge is 0.121 e. The Hall–Kier alpha value is -2.16. The molecule has 0 saturated heterocycles. The Kier molecular flexibility index (Phi) is 3.95. The van der Waals surface area contributed by atoms with E-state index in [1.165, 1.54) is 5.56 Å². The first-order chi connectivity index (χ1) is 9.10. The van der Waals surface area contributed by atoms with Crippen molar-refractivity contribution in [2.24, 2.45) is 0 Å².